The molecule has 0 aliphatic rings. The van der Waals surface area contributed by atoms with Gasteiger partial charge in [0.15, 0.2) is 0 Å². The van der Waals surface area contributed by atoms with Gasteiger partial charge in [-0.15, -0.1) is 0 Å². The van der Waals surface area contributed by atoms with Crippen LogP contribution in [0.5, 0.6) is 0 Å². The summed E-state index contributed by atoms with van der Waals surface area (Å²) < 4.78 is 23.4. The van der Waals surface area contributed by atoms with E-state index in [1.165, 1.54) is 307 Å². The Labute approximate surface area is 527 Å². The van der Waals surface area contributed by atoms with E-state index in [2.05, 4.69) is 27.7 Å². The maximum Gasteiger partial charge on any atom is 0.330 e. The molecular formula is C77H140O8. The zero-order valence-electron chi connectivity index (χ0n) is 56.8. The lowest BCUT2D eigenvalue weighted by Crippen LogP contribution is -2.43. The van der Waals surface area contributed by atoms with Crippen molar-refractivity contribution in [2.24, 2.45) is 5.41 Å². The van der Waals surface area contributed by atoms with Crippen LogP contribution in [0.3, 0.4) is 0 Å². The second-order valence-electron chi connectivity index (χ2n) is 25.7. The third-order valence-corrected chi connectivity index (χ3v) is 17.0. The molecule has 0 spiro atoms. The molecule has 0 aromatic carbocycles. The van der Waals surface area contributed by atoms with Gasteiger partial charge in [-0.3, -0.25) is 0 Å². The number of unbranched alkanes of at least 4 members (excludes halogenated alkanes) is 52. The van der Waals surface area contributed by atoms with Gasteiger partial charge in [0.25, 0.3) is 0 Å². The maximum atomic E-state index is 13.3. The minimum atomic E-state index is -1.34. The molecule has 0 atom stereocenters. The van der Waals surface area contributed by atoms with Crippen LogP contribution < -0.4 is 0 Å². The molecule has 0 saturated heterocycles. The van der Waals surface area contributed by atoms with E-state index in [1.54, 1.807) is 0 Å². The molecule has 8 heteroatoms. The van der Waals surface area contributed by atoms with Crippen molar-refractivity contribution in [3.8, 4) is 0 Å². The molecule has 0 aromatic heterocycles. The first-order chi connectivity index (χ1) is 41.8. The van der Waals surface area contributed by atoms with Crippen LogP contribution in [0.4, 0.5) is 0 Å². The highest BCUT2D eigenvalue weighted by Gasteiger charge is 2.37. The zero-order valence-corrected chi connectivity index (χ0v) is 56.8. The number of rotatable bonds is 68. The van der Waals surface area contributed by atoms with Crippen molar-refractivity contribution in [2.45, 2.75) is 387 Å². The molecule has 0 bridgehead atoms. The van der Waals surface area contributed by atoms with Crippen molar-refractivity contribution in [2.75, 3.05) is 26.4 Å². The molecule has 0 aliphatic heterocycles. The summed E-state index contributed by atoms with van der Waals surface area (Å²) >= 11 is 0. The summed E-state index contributed by atoms with van der Waals surface area (Å²) in [5.74, 6) is -2.18. The van der Waals surface area contributed by atoms with Gasteiger partial charge in [-0.1, -0.05) is 360 Å². The van der Waals surface area contributed by atoms with Gasteiger partial charge in [-0.05, 0) is 51.4 Å². The SMILES string of the molecule is CCCCCCCCCCCCCCCC=CC(=O)OCC(COC(=O)C=CCCCCCCCCCCCCCCC)(COC(=O)C=CCCCCCCCCCCCCCCC)COC(=O)C=CCCCCCCCCCCCCCCC. The van der Waals surface area contributed by atoms with Gasteiger partial charge in [0.2, 0.25) is 0 Å². The van der Waals surface area contributed by atoms with Crippen molar-refractivity contribution in [3.63, 3.8) is 0 Å². The summed E-state index contributed by atoms with van der Waals surface area (Å²) in [4.78, 5) is 53.1. The van der Waals surface area contributed by atoms with E-state index in [0.29, 0.717) is 0 Å². The first-order valence-corrected chi connectivity index (χ1v) is 37.2. The minimum absolute atomic E-state index is 0.281. The van der Waals surface area contributed by atoms with Crippen molar-refractivity contribution in [1.29, 1.82) is 0 Å². The molecule has 8 nitrogen and oxygen atoms in total. The van der Waals surface area contributed by atoms with E-state index in [0.717, 1.165) is 77.0 Å². The largest absolute Gasteiger partial charge is 0.462 e. The summed E-state index contributed by atoms with van der Waals surface area (Å²) in [6, 6.07) is 0. The average molecular weight is 1190 g/mol. The molecule has 0 heterocycles. The lowest BCUT2D eigenvalue weighted by atomic mass is 9.92. The third kappa shape index (κ3) is 63.7. The van der Waals surface area contributed by atoms with E-state index in [4.69, 9.17) is 18.9 Å². The van der Waals surface area contributed by atoms with E-state index < -0.39 is 29.3 Å². The predicted molar refractivity (Wildman–Crippen MR) is 364 cm³/mol. The van der Waals surface area contributed by atoms with Crippen LogP contribution in [0.2, 0.25) is 0 Å². The number of esters is 4. The Morgan fingerprint density at radius 2 is 0.341 bits per heavy atom. The molecule has 0 aromatic rings. The molecule has 0 N–H and O–H groups in total. The Morgan fingerprint density at radius 3 is 0.482 bits per heavy atom. The zero-order chi connectivity index (χ0) is 61.7. The van der Waals surface area contributed by atoms with E-state index >= 15 is 0 Å². The highest BCUT2D eigenvalue weighted by molar-refractivity contribution is 5.83. The Hall–Kier alpha value is -3.16. The predicted octanol–water partition coefficient (Wildman–Crippen LogP) is 24.3. The van der Waals surface area contributed by atoms with Gasteiger partial charge in [0.1, 0.15) is 31.8 Å². The van der Waals surface area contributed by atoms with Crippen LogP contribution in [-0.2, 0) is 38.1 Å². The topological polar surface area (TPSA) is 105 Å². The fourth-order valence-corrected chi connectivity index (χ4v) is 11.2. The monoisotopic (exact) mass is 1190 g/mol. The van der Waals surface area contributed by atoms with Crippen molar-refractivity contribution < 1.29 is 38.1 Å². The van der Waals surface area contributed by atoms with E-state index in [1.807, 2.05) is 24.3 Å². The van der Waals surface area contributed by atoms with Gasteiger partial charge in [-0.25, -0.2) is 19.2 Å². The molecule has 85 heavy (non-hydrogen) atoms. The Balaban J connectivity index is 5.62. The summed E-state index contributed by atoms with van der Waals surface area (Å²) in [6.07, 6.45) is 83.0. The molecule has 0 aliphatic carbocycles. The summed E-state index contributed by atoms with van der Waals surface area (Å²) in [5, 5.41) is 0. The van der Waals surface area contributed by atoms with Gasteiger partial charge in [0.05, 0.1) is 0 Å². The Morgan fingerprint density at radius 1 is 0.212 bits per heavy atom. The van der Waals surface area contributed by atoms with Crippen LogP contribution in [0, 0.1) is 5.41 Å². The van der Waals surface area contributed by atoms with E-state index in [9.17, 15) is 19.2 Å². The fraction of sp³-hybridized carbons (Fsp3) is 0.844. The molecule has 0 unspecified atom stereocenters. The molecule has 0 saturated carbocycles. The quantitative estimate of drug-likeness (QED) is 0.0257. The molecule has 0 rings (SSSR count). The first kappa shape index (κ1) is 81.8. The van der Waals surface area contributed by atoms with Crippen molar-refractivity contribution in [3.05, 3.63) is 48.6 Å². The fourth-order valence-electron chi connectivity index (χ4n) is 11.2. The van der Waals surface area contributed by atoms with Crippen LogP contribution in [-0.4, -0.2) is 50.3 Å². The number of hydrogen-bond donors (Lipinski definition) is 0. The van der Waals surface area contributed by atoms with Crippen LogP contribution in [0.1, 0.15) is 387 Å². The molecule has 496 valence electrons. The molecule has 0 radical (unpaired) electrons. The lowest BCUT2D eigenvalue weighted by Gasteiger charge is -2.31. The summed E-state index contributed by atoms with van der Waals surface area (Å²) in [7, 11) is 0. The van der Waals surface area contributed by atoms with Gasteiger partial charge in [0, 0.05) is 24.3 Å². The Kier molecular flexibility index (Phi) is 65.8. The number of hydrogen-bond acceptors (Lipinski definition) is 8. The second kappa shape index (κ2) is 68.3. The van der Waals surface area contributed by atoms with Crippen LogP contribution in [0.25, 0.3) is 0 Å². The van der Waals surface area contributed by atoms with Gasteiger partial charge in [-0.2, -0.15) is 0 Å². The van der Waals surface area contributed by atoms with Crippen molar-refractivity contribution >= 4 is 23.9 Å². The molecular weight excluding hydrogens is 1050 g/mol. The van der Waals surface area contributed by atoms with Crippen LogP contribution >= 0.6 is 0 Å². The van der Waals surface area contributed by atoms with Gasteiger partial charge < -0.3 is 18.9 Å². The Bertz CT molecular complexity index is 1330. The normalized spacial score (nSPS) is 12.6. The minimum Gasteiger partial charge on any atom is -0.462 e. The van der Waals surface area contributed by atoms with Crippen LogP contribution in [0.15, 0.2) is 48.6 Å². The number of carbonyl (C=O) groups excluding carboxylic acids is 4. The smallest absolute Gasteiger partial charge is 0.330 e. The lowest BCUT2D eigenvalue weighted by molar-refractivity contribution is -0.164. The molecule has 0 fully saturated rings. The van der Waals surface area contributed by atoms with E-state index in [-0.39, 0.29) is 26.4 Å². The standard InChI is InChI=1S/C77H140O8/c1-5-9-13-17-21-25-29-33-37-41-45-49-53-57-61-65-73(78)82-69-77(70-83-74(79)66-62-58-54-50-46-42-38-34-30-26-22-18-14-10-6-2,71-84-75(80)67-63-59-55-51-47-43-39-35-31-27-23-19-15-11-7-3)72-85-76(81)68-64-60-56-52-48-44-40-36-32-28-24-20-16-12-8-4/h61-68H,5-60,69-72H2,1-4H3. The second-order valence-corrected chi connectivity index (χ2v) is 25.7. The number of allylic oxidation sites excluding steroid dienone is 4. The van der Waals surface area contributed by atoms with Gasteiger partial charge >= 0.3 is 23.9 Å². The van der Waals surface area contributed by atoms with Crippen molar-refractivity contribution in [1.82, 2.24) is 0 Å². The highest BCUT2D eigenvalue weighted by atomic mass is 16.6. The summed E-state index contributed by atoms with van der Waals surface area (Å²) in [5.41, 5.74) is -1.34. The maximum absolute atomic E-state index is 13.3. The molecule has 0 amide bonds. The number of ether oxygens (including phenoxy) is 4. The highest BCUT2D eigenvalue weighted by Crippen LogP contribution is 2.23. The summed E-state index contributed by atoms with van der Waals surface area (Å²) in [6.45, 7) is 7.95. The first-order valence-electron chi connectivity index (χ1n) is 37.2. The number of carbonyl (C=O) groups is 4. The third-order valence-electron chi connectivity index (χ3n) is 17.0. The average Bonchev–Trinajstić information content (AvgIpc) is 3.60.